The Kier molecular flexibility index (Phi) is 9.22. The molecule has 0 bridgehead atoms. The zero-order valence-electron chi connectivity index (χ0n) is 11.3. The van der Waals surface area contributed by atoms with Crippen LogP contribution in [0.4, 0.5) is 0 Å². The summed E-state index contributed by atoms with van der Waals surface area (Å²) in [4.78, 5) is 14.4. The second kappa shape index (κ2) is 9.59. The molecule has 2 nitrogen and oxygen atoms in total. The summed E-state index contributed by atoms with van der Waals surface area (Å²) in [6.07, 6.45) is 8.84. The number of nitrogens with zero attached hydrogens (tertiary/aromatic N) is 1. The predicted octanol–water partition coefficient (Wildman–Crippen LogP) is 4.34. The molecule has 94 valence electrons. The van der Waals surface area contributed by atoms with Crippen molar-refractivity contribution in [2.24, 2.45) is 16.8 Å². The number of aliphatic imine (C=N–C) groups is 1. The first kappa shape index (κ1) is 15.4. The SMILES string of the molecule is CCCCC(C)C(CC(C)CCC)N=C=O. The fourth-order valence-electron chi connectivity index (χ4n) is 2.22. The third-order valence-corrected chi connectivity index (χ3v) is 3.31. The summed E-state index contributed by atoms with van der Waals surface area (Å²) in [7, 11) is 0. The van der Waals surface area contributed by atoms with Crippen molar-refractivity contribution < 1.29 is 4.79 Å². The Bertz CT molecular complexity index is 209. The highest BCUT2D eigenvalue weighted by Crippen LogP contribution is 2.23. The van der Waals surface area contributed by atoms with Crippen LogP contribution in [0.2, 0.25) is 0 Å². The Morgan fingerprint density at radius 2 is 1.81 bits per heavy atom. The zero-order chi connectivity index (χ0) is 12.4. The minimum Gasteiger partial charge on any atom is -0.211 e. The van der Waals surface area contributed by atoms with E-state index in [0.29, 0.717) is 11.8 Å². The normalized spacial score (nSPS) is 16.2. The molecule has 0 aromatic rings. The zero-order valence-corrected chi connectivity index (χ0v) is 11.3. The van der Waals surface area contributed by atoms with Crippen molar-refractivity contribution in [2.75, 3.05) is 0 Å². The van der Waals surface area contributed by atoms with Gasteiger partial charge in [-0.05, 0) is 24.7 Å². The van der Waals surface area contributed by atoms with Gasteiger partial charge >= 0.3 is 0 Å². The Morgan fingerprint density at radius 3 is 2.31 bits per heavy atom. The van der Waals surface area contributed by atoms with Crippen molar-refractivity contribution in [3.05, 3.63) is 0 Å². The van der Waals surface area contributed by atoms with Crippen LogP contribution >= 0.6 is 0 Å². The van der Waals surface area contributed by atoms with Crippen LogP contribution in [0.1, 0.15) is 66.2 Å². The lowest BCUT2D eigenvalue weighted by Gasteiger charge is -2.21. The van der Waals surface area contributed by atoms with Crippen LogP contribution in [0.25, 0.3) is 0 Å². The Balaban J connectivity index is 4.19. The van der Waals surface area contributed by atoms with Gasteiger partial charge in [0.2, 0.25) is 6.08 Å². The van der Waals surface area contributed by atoms with Gasteiger partial charge in [-0.15, -0.1) is 0 Å². The number of carbonyl (C=O) groups excluding carboxylic acids is 1. The number of rotatable bonds is 9. The number of unbranched alkanes of at least 4 members (excludes halogenated alkanes) is 1. The van der Waals surface area contributed by atoms with Gasteiger partial charge in [0.15, 0.2) is 0 Å². The van der Waals surface area contributed by atoms with Gasteiger partial charge in [0.05, 0.1) is 6.04 Å². The van der Waals surface area contributed by atoms with Gasteiger partial charge in [0.25, 0.3) is 0 Å². The summed E-state index contributed by atoms with van der Waals surface area (Å²) in [6, 6.07) is 0.186. The molecular weight excluding hydrogens is 198 g/mol. The largest absolute Gasteiger partial charge is 0.235 e. The van der Waals surface area contributed by atoms with Crippen molar-refractivity contribution in [1.82, 2.24) is 0 Å². The Morgan fingerprint density at radius 1 is 1.12 bits per heavy atom. The summed E-state index contributed by atoms with van der Waals surface area (Å²) in [5, 5.41) is 0. The fourth-order valence-corrected chi connectivity index (χ4v) is 2.22. The molecule has 16 heavy (non-hydrogen) atoms. The van der Waals surface area contributed by atoms with Crippen LogP contribution in [-0.2, 0) is 4.79 Å². The summed E-state index contributed by atoms with van der Waals surface area (Å²) in [5.41, 5.74) is 0. The second-order valence-electron chi connectivity index (χ2n) is 5.04. The number of hydrogen-bond acceptors (Lipinski definition) is 2. The monoisotopic (exact) mass is 225 g/mol. The smallest absolute Gasteiger partial charge is 0.211 e. The standard InChI is InChI=1S/C14H27NO/c1-5-7-9-13(4)14(15-11-16)10-12(3)8-6-2/h12-14H,5-10H2,1-4H3. The van der Waals surface area contributed by atoms with E-state index in [0.717, 1.165) is 6.42 Å². The third-order valence-electron chi connectivity index (χ3n) is 3.31. The summed E-state index contributed by atoms with van der Waals surface area (Å²) in [6.45, 7) is 8.86. The summed E-state index contributed by atoms with van der Waals surface area (Å²) < 4.78 is 0. The molecule has 0 aliphatic carbocycles. The van der Waals surface area contributed by atoms with Crippen LogP contribution in [0.3, 0.4) is 0 Å². The van der Waals surface area contributed by atoms with Crippen LogP contribution in [-0.4, -0.2) is 12.1 Å². The van der Waals surface area contributed by atoms with Gasteiger partial charge < -0.3 is 0 Å². The molecular formula is C14H27NO. The Labute approximate surface area is 101 Å². The van der Waals surface area contributed by atoms with Gasteiger partial charge in [-0.1, -0.05) is 53.4 Å². The molecule has 3 atom stereocenters. The first-order valence-corrected chi connectivity index (χ1v) is 6.72. The lowest BCUT2D eigenvalue weighted by Crippen LogP contribution is -2.19. The first-order chi connectivity index (χ1) is 7.65. The van der Waals surface area contributed by atoms with Crippen molar-refractivity contribution in [3.63, 3.8) is 0 Å². The molecule has 0 aromatic heterocycles. The lowest BCUT2D eigenvalue weighted by molar-refractivity contribution is 0.339. The number of hydrogen-bond donors (Lipinski definition) is 0. The van der Waals surface area contributed by atoms with E-state index in [1.165, 1.54) is 32.1 Å². The topological polar surface area (TPSA) is 29.4 Å². The third kappa shape index (κ3) is 6.79. The molecule has 0 rings (SSSR count). The van der Waals surface area contributed by atoms with Crippen LogP contribution in [0.5, 0.6) is 0 Å². The molecule has 3 unspecified atom stereocenters. The molecule has 0 heterocycles. The van der Waals surface area contributed by atoms with E-state index in [2.05, 4.69) is 32.7 Å². The summed E-state index contributed by atoms with van der Waals surface area (Å²) >= 11 is 0. The molecule has 0 aliphatic rings. The van der Waals surface area contributed by atoms with E-state index in [9.17, 15) is 4.79 Å². The Hall–Kier alpha value is -0.620. The maximum absolute atomic E-state index is 10.4. The molecule has 2 heteroatoms. The quantitative estimate of drug-likeness (QED) is 0.424. The average molecular weight is 225 g/mol. The van der Waals surface area contributed by atoms with Crippen LogP contribution < -0.4 is 0 Å². The molecule has 0 N–H and O–H groups in total. The molecule has 0 aromatic carbocycles. The van der Waals surface area contributed by atoms with Gasteiger partial charge in [0.1, 0.15) is 0 Å². The van der Waals surface area contributed by atoms with E-state index < -0.39 is 0 Å². The van der Waals surface area contributed by atoms with Crippen molar-refractivity contribution in [3.8, 4) is 0 Å². The number of isocyanates is 1. The van der Waals surface area contributed by atoms with Gasteiger partial charge in [-0.2, -0.15) is 0 Å². The van der Waals surface area contributed by atoms with Crippen molar-refractivity contribution >= 4 is 6.08 Å². The highest BCUT2D eigenvalue weighted by atomic mass is 16.1. The van der Waals surface area contributed by atoms with Crippen molar-refractivity contribution in [2.45, 2.75) is 72.3 Å². The minimum absolute atomic E-state index is 0.186. The van der Waals surface area contributed by atoms with E-state index in [1.54, 1.807) is 6.08 Å². The molecule has 0 spiro atoms. The maximum Gasteiger partial charge on any atom is 0.235 e. The van der Waals surface area contributed by atoms with E-state index in [-0.39, 0.29) is 6.04 Å². The maximum atomic E-state index is 10.4. The van der Waals surface area contributed by atoms with E-state index in [1.807, 2.05) is 0 Å². The van der Waals surface area contributed by atoms with Crippen molar-refractivity contribution in [1.29, 1.82) is 0 Å². The van der Waals surface area contributed by atoms with E-state index >= 15 is 0 Å². The predicted molar refractivity (Wildman–Crippen MR) is 69.3 cm³/mol. The first-order valence-electron chi connectivity index (χ1n) is 6.72. The highest BCUT2D eigenvalue weighted by Gasteiger charge is 2.18. The van der Waals surface area contributed by atoms with Crippen LogP contribution in [0.15, 0.2) is 4.99 Å². The van der Waals surface area contributed by atoms with Gasteiger partial charge in [0, 0.05) is 0 Å². The molecule has 0 aliphatic heterocycles. The second-order valence-corrected chi connectivity index (χ2v) is 5.04. The van der Waals surface area contributed by atoms with Gasteiger partial charge in [-0.3, -0.25) is 0 Å². The molecule has 0 saturated heterocycles. The summed E-state index contributed by atoms with van der Waals surface area (Å²) in [5.74, 6) is 1.18. The molecule has 0 radical (unpaired) electrons. The molecule has 0 fully saturated rings. The molecule has 0 saturated carbocycles. The van der Waals surface area contributed by atoms with Gasteiger partial charge in [-0.25, -0.2) is 9.79 Å². The minimum atomic E-state index is 0.186. The molecule has 0 amide bonds. The fraction of sp³-hybridized carbons (Fsp3) is 0.929. The highest BCUT2D eigenvalue weighted by molar-refractivity contribution is 5.33. The lowest BCUT2D eigenvalue weighted by atomic mass is 9.88. The van der Waals surface area contributed by atoms with E-state index in [4.69, 9.17) is 0 Å². The average Bonchev–Trinajstić information content (AvgIpc) is 2.25. The van der Waals surface area contributed by atoms with Crippen LogP contribution in [0, 0.1) is 11.8 Å².